The van der Waals surface area contributed by atoms with E-state index >= 15 is 0 Å². The number of benzene rings is 2. The van der Waals surface area contributed by atoms with Gasteiger partial charge in [-0.05, 0) is 56.4 Å². The minimum atomic E-state index is -3.60. The van der Waals surface area contributed by atoms with Crippen molar-refractivity contribution in [1.29, 1.82) is 0 Å². The summed E-state index contributed by atoms with van der Waals surface area (Å²) in [5, 5.41) is 0. The second-order valence-electron chi connectivity index (χ2n) is 9.28. The molecule has 0 radical (unpaired) electrons. The number of anilines is 2. The van der Waals surface area contributed by atoms with E-state index in [2.05, 4.69) is 18.6 Å². The zero-order chi connectivity index (χ0) is 22.8. The molecule has 0 fully saturated rings. The molecule has 0 unspecified atom stereocenters. The number of hydrogen-bond donors (Lipinski definition) is 1. The van der Waals surface area contributed by atoms with Crippen molar-refractivity contribution in [2.24, 2.45) is 11.3 Å². The lowest BCUT2D eigenvalue weighted by Crippen LogP contribution is -2.42. The summed E-state index contributed by atoms with van der Waals surface area (Å²) < 4.78 is 34.1. The predicted octanol–water partition coefficient (Wildman–Crippen LogP) is 4.73. The van der Waals surface area contributed by atoms with Gasteiger partial charge >= 0.3 is 0 Å². The van der Waals surface area contributed by atoms with Gasteiger partial charge in [0.1, 0.15) is 12.4 Å². The number of amides is 1. The molecular formula is C24H32N2O4S. The molecule has 2 aromatic rings. The number of nitrogens with one attached hydrogen (secondary N) is 1. The van der Waals surface area contributed by atoms with E-state index in [0.717, 1.165) is 17.5 Å². The van der Waals surface area contributed by atoms with Crippen LogP contribution in [-0.2, 0) is 20.6 Å². The molecule has 1 amide bonds. The van der Waals surface area contributed by atoms with Gasteiger partial charge in [-0.2, -0.15) is 0 Å². The van der Waals surface area contributed by atoms with Gasteiger partial charge in [-0.3, -0.25) is 9.52 Å². The predicted molar refractivity (Wildman–Crippen MR) is 125 cm³/mol. The van der Waals surface area contributed by atoms with Crippen LogP contribution in [0.5, 0.6) is 5.75 Å². The van der Waals surface area contributed by atoms with Gasteiger partial charge < -0.3 is 9.64 Å². The van der Waals surface area contributed by atoms with Crippen LogP contribution in [-0.4, -0.2) is 27.5 Å². The van der Waals surface area contributed by atoms with Crippen LogP contribution in [0.15, 0.2) is 42.5 Å². The topological polar surface area (TPSA) is 75.7 Å². The summed E-state index contributed by atoms with van der Waals surface area (Å²) >= 11 is 0. The lowest BCUT2D eigenvalue weighted by Gasteiger charge is -2.28. The molecule has 1 aliphatic rings. The van der Waals surface area contributed by atoms with E-state index in [0.29, 0.717) is 29.6 Å². The number of sulfonamides is 1. The molecule has 0 bridgehead atoms. The fourth-order valence-corrected chi connectivity index (χ4v) is 4.80. The number of fused-ring (bicyclic) bond motifs is 1. The molecule has 168 valence electrons. The lowest BCUT2D eigenvalue weighted by atomic mass is 9.92. The molecule has 0 aromatic heterocycles. The quantitative estimate of drug-likeness (QED) is 0.670. The van der Waals surface area contributed by atoms with E-state index in [4.69, 9.17) is 4.74 Å². The Labute approximate surface area is 185 Å². The van der Waals surface area contributed by atoms with E-state index in [1.807, 2.05) is 45.0 Å². The van der Waals surface area contributed by atoms with Crippen molar-refractivity contribution in [3.63, 3.8) is 0 Å². The van der Waals surface area contributed by atoms with Crippen LogP contribution in [0.3, 0.4) is 0 Å². The summed E-state index contributed by atoms with van der Waals surface area (Å²) in [5.41, 5.74) is 2.12. The van der Waals surface area contributed by atoms with E-state index in [1.165, 1.54) is 0 Å². The van der Waals surface area contributed by atoms with Gasteiger partial charge in [0.2, 0.25) is 15.9 Å². The zero-order valence-corrected chi connectivity index (χ0v) is 19.8. The number of rotatable bonds is 7. The smallest absolute Gasteiger partial charge is 0.236 e. The summed E-state index contributed by atoms with van der Waals surface area (Å²) in [6, 6.07) is 12.5. The fourth-order valence-electron chi connectivity index (χ4n) is 3.51. The van der Waals surface area contributed by atoms with Crippen molar-refractivity contribution < 1.29 is 17.9 Å². The standard InChI is InChI=1S/C24H32N2O4S/c1-17(2)12-13-26-21-11-10-20(14-22(21)30-16-24(4,5)23(26)27)25-31(28,29)15-19-9-7-6-8-18(19)3/h6-11,14,17,25H,12-13,15-16H2,1-5H3. The van der Waals surface area contributed by atoms with Crippen molar-refractivity contribution in [2.75, 3.05) is 22.8 Å². The summed E-state index contributed by atoms with van der Waals surface area (Å²) in [4.78, 5) is 14.9. The Kier molecular flexibility index (Phi) is 6.65. The maximum absolute atomic E-state index is 13.1. The summed E-state index contributed by atoms with van der Waals surface area (Å²) in [5.74, 6) is 0.874. The van der Waals surface area contributed by atoms with Gasteiger partial charge in [-0.1, -0.05) is 38.1 Å². The average molecular weight is 445 g/mol. The molecule has 0 saturated carbocycles. The molecule has 0 spiro atoms. The summed E-state index contributed by atoms with van der Waals surface area (Å²) in [6.45, 7) is 10.7. The van der Waals surface area contributed by atoms with Crippen molar-refractivity contribution in [1.82, 2.24) is 0 Å². The molecule has 1 N–H and O–H groups in total. The average Bonchev–Trinajstić information content (AvgIpc) is 2.77. The van der Waals surface area contributed by atoms with Crippen molar-refractivity contribution in [3.05, 3.63) is 53.6 Å². The number of carbonyl (C=O) groups is 1. The maximum Gasteiger partial charge on any atom is 0.236 e. The fraction of sp³-hybridized carbons (Fsp3) is 0.458. The van der Waals surface area contributed by atoms with Gasteiger partial charge in [-0.15, -0.1) is 0 Å². The van der Waals surface area contributed by atoms with Crippen LogP contribution in [0.25, 0.3) is 0 Å². The Morgan fingerprint density at radius 2 is 1.87 bits per heavy atom. The van der Waals surface area contributed by atoms with Gasteiger partial charge in [0.05, 0.1) is 22.5 Å². The summed E-state index contributed by atoms with van der Waals surface area (Å²) in [7, 11) is -3.60. The first kappa shape index (κ1) is 23.1. The van der Waals surface area contributed by atoms with Gasteiger partial charge in [0, 0.05) is 12.6 Å². The SMILES string of the molecule is Cc1ccccc1CS(=O)(=O)Nc1ccc2c(c1)OCC(C)(C)C(=O)N2CCC(C)C. The highest BCUT2D eigenvalue weighted by molar-refractivity contribution is 7.91. The van der Waals surface area contributed by atoms with E-state index in [-0.39, 0.29) is 18.3 Å². The second-order valence-corrected chi connectivity index (χ2v) is 11.0. The number of ether oxygens (including phenoxy) is 1. The Morgan fingerprint density at radius 3 is 2.55 bits per heavy atom. The summed E-state index contributed by atoms with van der Waals surface area (Å²) in [6.07, 6.45) is 0.867. The Morgan fingerprint density at radius 1 is 1.16 bits per heavy atom. The van der Waals surface area contributed by atoms with Gasteiger partial charge in [0.15, 0.2) is 0 Å². The molecule has 0 atom stereocenters. The molecule has 1 aliphatic heterocycles. The molecule has 2 aromatic carbocycles. The molecule has 1 heterocycles. The molecule has 0 saturated heterocycles. The third-order valence-corrected chi connectivity index (χ3v) is 6.71. The first-order valence-corrected chi connectivity index (χ1v) is 12.3. The van der Waals surface area contributed by atoms with Crippen molar-refractivity contribution in [2.45, 2.75) is 46.8 Å². The number of nitrogens with zero attached hydrogens (tertiary/aromatic N) is 1. The maximum atomic E-state index is 13.1. The molecular weight excluding hydrogens is 412 g/mol. The third kappa shape index (κ3) is 5.58. The second kappa shape index (κ2) is 8.91. The molecule has 0 aliphatic carbocycles. The monoisotopic (exact) mass is 444 g/mol. The Hall–Kier alpha value is -2.54. The first-order valence-electron chi connectivity index (χ1n) is 10.6. The van der Waals surface area contributed by atoms with Crippen LogP contribution < -0.4 is 14.4 Å². The van der Waals surface area contributed by atoms with Crippen molar-refractivity contribution >= 4 is 27.3 Å². The van der Waals surface area contributed by atoms with Crippen LogP contribution in [0.2, 0.25) is 0 Å². The molecule has 3 rings (SSSR count). The molecule has 31 heavy (non-hydrogen) atoms. The minimum absolute atomic E-state index is 0.0137. The van der Waals surface area contributed by atoms with E-state index in [1.54, 1.807) is 23.1 Å². The largest absolute Gasteiger partial charge is 0.490 e. The highest BCUT2D eigenvalue weighted by Gasteiger charge is 2.37. The van der Waals surface area contributed by atoms with Crippen LogP contribution in [0.1, 0.15) is 45.2 Å². The highest BCUT2D eigenvalue weighted by Crippen LogP contribution is 2.38. The Bertz CT molecular complexity index is 1060. The minimum Gasteiger partial charge on any atom is -0.490 e. The lowest BCUT2D eigenvalue weighted by molar-refractivity contribution is -0.127. The van der Waals surface area contributed by atoms with E-state index in [9.17, 15) is 13.2 Å². The number of carbonyl (C=O) groups excluding carboxylic acids is 1. The van der Waals surface area contributed by atoms with Crippen LogP contribution >= 0.6 is 0 Å². The van der Waals surface area contributed by atoms with Crippen molar-refractivity contribution in [3.8, 4) is 5.75 Å². The zero-order valence-electron chi connectivity index (χ0n) is 18.9. The molecule has 6 nitrogen and oxygen atoms in total. The number of aryl methyl sites for hydroxylation is 1. The van der Waals surface area contributed by atoms with Crippen LogP contribution in [0.4, 0.5) is 11.4 Å². The normalized spacial score (nSPS) is 15.9. The van der Waals surface area contributed by atoms with Gasteiger partial charge in [-0.25, -0.2) is 8.42 Å². The number of hydrogen-bond acceptors (Lipinski definition) is 4. The van der Waals surface area contributed by atoms with E-state index < -0.39 is 15.4 Å². The van der Waals surface area contributed by atoms with Crippen LogP contribution in [0, 0.1) is 18.3 Å². The third-order valence-electron chi connectivity index (χ3n) is 5.47. The van der Waals surface area contributed by atoms with Gasteiger partial charge in [0.25, 0.3) is 0 Å². The first-order chi connectivity index (χ1) is 14.5. The molecule has 7 heteroatoms. The Balaban J connectivity index is 1.87. The highest BCUT2D eigenvalue weighted by atomic mass is 32.2.